The third kappa shape index (κ3) is 3.36. The number of hydrogen-bond donors (Lipinski definition) is 0. The van der Waals surface area contributed by atoms with Crippen LogP contribution in [0, 0.1) is 11.6 Å². The summed E-state index contributed by atoms with van der Waals surface area (Å²) in [5, 5.41) is 0. The topological polar surface area (TPSA) is 26.3 Å². The fraction of sp³-hybridized carbons (Fsp3) is 0.538. The Labute approximate surface area is 108 Å². The lowest BCUT2D eigenvalue weighted by Crippen LogP contribution is -2.21. The fourth-order valence-corrected chi connectivity index (χ4v) is 3.07. The first-order valence-corrected chi connectivity index (χ1v) is 7.50. The molecule has 0 saturated heterocycles. The van der Waals surface area contributed by atoms with E-state index in [2.05, 4.69) is 0 Å². The molecule has 1 aromatic carbocycles. The normalized spacial score (nSPS) is 25.9. The van der Waals surface area contributed by atoms with Gasteiger partial charge in [0, 0.05) is 12.3 Å². The minimum absolute atomic E-state index is 0.00408. The van der Waals surface area contributed by atoms with Gasteiger partial charge >= 0.3 is 0 Å². The van der Waals surface area contributed by atoms with Gasteiger partial charge in [0.1, 0.15) is 11.6 Å². The maximum Gasteiger partial charge on any atom is 0.152 e. The predicted octanol–water partition coefficient (Wildman–Crippen LogP) is 3.30. The Hall–Kier alpha value is -0.810. The van der Waals surface area contributed by atoms with Crippen molar-refractivity contribution in [1.29, 1.82) is 0 Å². The minimum Gasteiger partial charge on any atom is -0.287 e. The van der Waals surface area contributed by atoms with Crippen molar-refractivity contribution >= 4 is 11.1 Å². The largest absolute Gasteiger partial charge is 0.287 e. The Morgan fingerprint density at radius 1 is 1.22 bits per heavy atom. The number of benzene rings is 1. The van der Waals surface area contributed by atoms with E-state index < -0.39 is 22.7 Å². The van der Waals surface area contributed by atoms with Crippen LogP contribution in [0.2, 0.25) is 0 Å². The molecule has 1 saturated carbocycles. The van der Waals surface area contributed by atoms with Gasteiger partial charge in [-0.3, -0.25) is 4.18 Å². The lowest BCUT2D eigenvalue weighted by molar-refractivity contribution is 0.164. The zero-order valence-corrected chi connectivity index (χ0v) is 11.0. The first-order valence-electron chi connectivity index (χ1n) is 6.01. The molecule has 1 aromatic rings. The maximum atomic E-state index is 13.6. The number of rotatable bonds is 3. The predicted molar refractivity (Wildman–Crippen MR) is 66.5 cm³/mol. The SMILES string of the molecule is CS(=O)OC1CCC(c2ccc(F)cc2F)CC1. The van der Waals surface area contributed by atoms with Gasteiger partial charge in [0.15, 0.2) is 11.1 Å². The minimum atomic E-state index is -1.25. The molecule has 0 bridgehead atoms. The van der Waals surface area contributed by atoms with Crippen LogP contribution in [0.5, 0.6) is 0 Å². The molecular formula is C13H16F2O2S. The van der Waals surface area contributed by atoms with Crippen LogP contribution >= 0.6 is 0 Å². The Kier molecular flexibility index (Phi) is 4.45. The summed E-state index contributed by atoms with van der Waals surface area (Å²) in [4.78, 5) is 0. The first kappa shape index (κ1) is 13.6. The van der Waals surface area contributed by atoms with Crippen molar-refractivity contribution in [2.24, 2.45) is 0 Å². The molecule has 0 amide bonds. The van der Waals surface area contributed by atoms with Crippen LogP contribution in [0.15, 0.2) is 18.2 Å². The van der Waals surface area contributed by atoms with E-state index in [1.807, 2.05) is 0 Å². The van der Waals surface area contributed by atoms with Crippen molar-refractivity contribution in [2.45, 2.75) is 37.7 Å². The summed E-state index contributed by atoms with van der Waals surface area (Å²) in [6.07, 6.45) is 4.60. The smallest absolute Gasteiger partial charge is 0.152 e. The average molecular weight is 274 g/mol. The number of halogens is 2. The lowest BCUT2D eigenvalue weighted by atomic mass is 9.82. The molecule has 1 unspecified atom stereocenters. The number of hydrogen-bond acceptors (Lipinski definition) is 2. The van der Waals surface area contributed by atoms with E-state index >= 15 is 0 Å². The molecule has 5 heteroatoms. The van der Waals surface area contributed by atoms with Crippen LogP contribution in [0.3, 0.4) is 0 Å². The molecule has 18 heavy (non-hydrogen) atoms. The van der Waals surface area contributed by atoms with Crippen molar-refractivity contribution < 1.29 is 17.2 Å². The van der Waals surface area contributed by atoms with E-state index in [0.29, 0.717) is 5.56 Å². The first-order chi connectivity index (χ1) is 8.56. The maximum absolute atomic E-state index is 13.6. The van der Waals surface area contributed by atoms with Gasteiger partial charge in [0.05, 0.1) is 6.10 Å². The van der Waals surface area contributed by atoms with E-state index in [1.54, 1.807) is 0 Å². The Bertz CT molecular complexity index is 443. The molecule has 0 N–H and O–H groups in total. The van der Waals surface area contributed by atoms with Gasteiger partial charge in [0.25, 0.3) is 0 Å². The van der Waals surface area contributed by atoms with Crippen LogP contribution < -0.4 is 0 Å². The van der Waals surface area contributed by atoms with Gasteiger partial charge < -0.3 is 0 Å². The molecule has 0 aliphatic heterocycles. The third-order valence-corrected chi connectivity index (χ3v) is 3.89. The summed E-state index contributed by atoms with van der Waals surface area (Å²) < 4.78 is 42.6. The Balaban J connectivity index is 1.99. The van der Waals surface area contributed by atoms with Gasteiger partial charge in [-0.15, -0.1) is 0 Å². The van der Waals surface area contributed by atoms with Gasteiger partial charge in [-0.05, 0) is 43.2 Å². The van der Waals surface area contributed by atoms with Gasteiger partial charge in [-0.1, -0.05) is 6.07 Å². The van der Waals surface area contributed by atoms with Crippen LogP contribution in [-0.4, -0.2) is 16.6 Å². The second-order valence-corrected chi connectivity index (χ2v) is 5.63. The molecule has 2 nitrogen and oxygen atoms in total. The van der Waals surface area contributed by atoms with E-state index in [1.165, 1.54) is 18.4 Å². The van der Waals surface area contributed by atoms with Crippen LogP contribution in [0.4, 0.5) is 8.78 Å². The molecule has 0 aromatic heterocycles. The zero-order valence-electron chi connectivity index (χ0n) is 10.2. The molecular weight excluding hydrogens is 258 g/mol. The highest BCUT2D eigenvalue weighted by Crippen LogP contribution is 2.35. The summed E-state index contributed by atoms with van der Waals surface area (Å²) in [7, 11) is 0. The van der Waals surface area contributed by atoms with Crippen LogP contribution in [0.1, 0.15) is 37.2 Å². The summed E-state index contributed by atoms with van der Waals surface area (Å²) in [5.41, 5.74) is 0.576. The molecule has 0 radical (unpaired) electrons. The van der Waals surface area contributed by atoms with Gasteiger partial charge in [0.2, 0.25) is 0 Å². The molecule has 2 rings (SSSR count). The van der Waals surface area contributed by atoms with Crippen molar-refractivity contribution in [3.63, 3.8) is 0 Å². The Morgan fingerprint density at radius 2 is 1.89 bits per heavy atom. The van der Waals surface area contributed by atoms with Crippen molar-refractivity contribution in [1.82, 2.24) is 0 Å². The lowest BCUT2D eigenvalue weighted by Gasteiger charge is -2.28. The van der Waals surface area contributed by atoms with Gasteiger partial charge in [-0.2, -0.15) is 0 Å². The molecule has 100 valence electrons. The van der Waals surface area contributed by atoms with E-state index in [0.717, 1.165) is 31.7 Å². The highest BCUT2D eigenvalue weighted by atomic mass is 32.2. The molecule has 1 aliphatic carbocycles. The summed E-state index contributed by atoms with van der Waals surface area (Å²) in [6, 6.07) is 3.75. The second kappa shape index (κ2) is 5.89. The molecule has 0 spiro atoms. The third-order valence-electron chi connectivity index (χ3n) is 3.35. The van der Waals surface area contributed by atoms with E-state index in [-0.39, 0.29) is 12.0 Å². The highest BCUT2D eigenvalue weighted by molar-refractivity contribution is 7.79. The van der Waals surface area contributed by atoms with Crippen molar-refractivity contribution in [3.05, 3.63) is 35.4 Å². The monoisotopic (exact) mass is 274 g/mol. The summed E-state index contributed by atoms with van der Waals surface area (Å²) >= 11 is -1.25. The highest BCUT2D eigenvalue weighted by Gasteiger charge is 2.25. The zero-order chi connectivity index (χ0) is 13.1. The van der Waals surface area contributed by atoms with Crippen molar-refractivity contribution in [2.75, 3.05) is 6.26 Å². The van der Waals surface area contributed by atoms with E-state index in [9.17, 15) is 13.0 Å². The van der Waals surface area contributed by atoms with Crippen molar-refractivity contribution in [3.8, 4) is 0 Å². The van der Waals surface area contributed by atoms with Crippen LogP contribution in [-0.2, 0) is 15.3 Å². The quantitative estimate of drug-likeness (QED) is 0.845. The molecule has 1 aliphatic rings. The Morgan fingerprint density at radius 3 is 2.44 bits per heavy atom. The van der Waals surface area contributed by atoms with Gasteiger partial charge in [-0.25, -0.2) is 13.0 Å². The summed E-state index contributed by atoms with van der Waals surface area (Å²) in [6.45, 7) is 0. The standard InChI is InChI=1S/C13H16F2O2S/c1-18(16)17-11-5-2-9(3-6-11)12-7-4-10(14)8-13(12)15/h4,7-9,11H,2-3,5-6H2,1H3. The fourth-order valence-electron chi connectivity index (χ4n) is 2.49. The average Bonchev–Trinajstić information content (AvgIpc) is 2.30. The molecule has 0 heterocycles. The summed E-state index contributed by atoms with van der Waals surface area (Å²) in [5.74, 6) is -0.913. The van der Waals surface area contributed by atoms with E-state index in [4.69, 9.17) is 4.18 Å². The van der Waals surface area contributed by atoms with Crippen LogP contribution in [0.25, 0.3) is 0 Å². The molecule has 1 atom stereocenters. The second-order valence-electron chi connectivity index (χ2n) is 4.64. The molecule has 1 fully saturated rings.